The van der Waals surface area contributed by atoms with E-state index in [4.69, 9.17) is 4.74 Å². The highest BCUT2D eigenvalue weighted by atomic mass is 127. The number of anilines is 2. The Balaban J connectivity index is 0.00000387. The normalized spacial score (nSPS) is 22.8. The molecule has 1 saturated heterocycles. The van der Waals surface area contributed by atoms with Crippen LogP contribution in [0.2, 0.25) is 0 Å². The molecule has 2 aromatic carbocycles. The number of morpholine rings is 1. The second-order valence-corrected chi connectivity index (χ2v) is 11.7. The minimum atomic E-state index is -0.172. The molecule has 1 heterocycles. The summed E-state index contributed by atoms with van der Waals surface area (Å²) < 4.78 is 7.43. The zero-order valence-electron chi connectivity index (χ0n) is 23.2. The second kappa shape index (κ2) is 13.7. The maximum absolute atomic E-state index is 13.8. The molecule has 5 rings (SSSR count). The Morgan fingerprint density at radius 3 is 2.44 bits per heavy atom. The number of hydrogen-bond acceptors (Lipinski definition) is 4. The van der Waals surface area contributed by atoms with E-state index >= 15 is 0 Å². The standard InChI is InChI=1S/C33H36IN3O3.CH4/c1-4-24-8-7-9-25(16-24)19-35-32(38)28-14-15-30(36-22(2)20-40-21-23(36)3)31(18-28)37(34)33(39)29-13-12-26-10-5-6-11-27(26)17-29;/h5-18,22-23,26-27H,4,19-21H2,1-3H3,(H,35,38);1H4. The van der Waals surface area contributed by atoms with Crippen LogP contribution in [0.4, 0.5) is 11.4 Å². The van der Waals surface area contributed by atoms with Gasteiger partial charge in [-0.1, -0.05) is 81.1 Å². The summed E-state index contributed by atoms with van der Waals surface area (Å²) in [6, 6.07) is 14.2. The topological polar surface area (TPSA) is 61.9 Å². The first kappa shape index (κ1) is 30.8. The molecule has 1 fully saturated rings. The molecule has 2 aliphatic carbocycles. The third-order valence-corrected chi connectivity index (χ3v) is 8.72. The van der Waals surface area contributed by atoms with E-state index in [1.54, 1.807) is 3.11 Å². The number of fused-ring (bicyclic) bond motifs is 1. The van der Waals surface area contributed by atoms with Gasteiger partial charge in [-0.25, -0.2) is 3.11 Å². The molecule has 0 saturated carbocycles. The van der Waals surface area contributed by atoms with Crippen LogP contribution in [0.1, 0.15) is 49.7 Å². The van der Waals surface area contributed by atoms with Crippen LogP contribution in [0, 0.1) is 11.8 Å². The molecule has 4 atom stereocenters. The first-order valence-corrected chi connectivity index (χ1v) is 14.9. The first-order valence-electron chi connectivity index (χ1n) is 14.0. The van der Waals surface area contributed by atoms with Crippen LogP contribution in [0.15, 0.2) is 90.6 Å². The summed E-state index contributed by atoms with van der Waals surface area (Å²) in [7, 11) is 0. The van der Waals surface area contributed by atoms with Gasteiger partial charge in [-0.2, -0.15) is 0 Å². The number of halogens is 1. The number of nitrogens with zero attached hydrogens (tertiary/aromatic N) is 2. The Hall–Kier alpha value is -3.17. The average molecular weight is 666 g/mol. The summed E-state index contributed by atoms with van der Waals surface area (Å²) in [5, 5.41) is 3.06. The summed E-state index contributed by atoms with van der Waals surface area (Å²) in [6.07, 6.45) is 15.4. The monoisotopic (exact) mass is 665 g/mol. The van der Waals surface area contributed by atoms with E-state index in [2.05, 4.69) is 84.2 Å². The molecule has 0 radical (unpaired) electrons. The van der Waals surface area contributed by atoms with Crippen molar-refractivity contribution in [3.8, 4) is 0 Å². The fraction of sp³-hybridized carbons (Fsp3) is 0.353. The Kier molecular flexibility index (Phi) is 10.3. The van der Waals surface area contributed by atoms with E-state index in [0.29, 0.717) is 36.6 Å². The summed E-state index contributed by atoms with van der Waals surface area (Å²) in [5.41, 5.74) is 5.08. The van der Waals surface area contributed by atoms with Gasteiger partial charge in [0.2, 0.25) is 0 Å². The highest BCUT2D eigenvalue weighted by molar-refractivity contribution is 14.1. The Bertz CT molecular complexity index is 1390. The quantitative estimate of drug-likeness (QED) is 0.257. The van der Waals surface area contributed by atoms with Crippen LogP contribution < -0.4 is 13.3 Å². The predicted molar refractivity (Wildman–Crippen MR) is 176 cm³/mol. The van der Waals surface area contributed by atoms with E-state index in [-0.39, 0.29) is 43.2 Å². The number of benzene rings is 2. The number of amides is 2. The molecular formula is C34H40IN3O3. The van der Waals surface area contributed by atoms with Crippen molar-refractivity contribution in [1.29, 1.82) is 0 Å². The number of carbonyl (C=O) groups excluding carboxylic acids is 2. The molecule has 216 valence electrons. The summed E-state index contributed by atoms with van der Waals surface area (Å²) in [6.45, 7) is 8.02. The summed E-state index contributed by atoms with van der Waals surface area (Å²) >= 11 is 2.09. The average Bonchev–Trinajstić information content (AvgIpc) is 2.99. The van der Waals surface area contributed by atoms with Crippen molar-refractivity contribution in [2.45, 2.75) is 53.2 Å². The number of aryl methyl sites for hydroxylation is 1. The smallest absolute Gasteiger partial charge is 0.266 e. The van der Waals surface area contributed by atoms with E-state index in [1.807, 2.05) is 54.6 Å². The van der Waals surface area contributed by atoms with Gasteiger partial charge >= 0.3 is 0 Å². The number of carbonyl (C=O) groups is 2. The number of nitrogens with one attached hydrogen (secondary N) is 1. The Labute approximate surface area is 258 Å². The van der Waals surface area contributed by atoms with Crippen molar-refractivity contribution >= 4 is 46.1 Å². The zero-order valence-corrected chi connectivity index (χ0v) is 25.4. The molecule has 1 aliphatic heterocycles. The van der Waals surface area contributed by atoms with Gasteiger partial charge in [0.05, 0.1) is 47.5 Å². The minimum absolute atomic E-state index is 0. The van der Waals surface area contributed by atoms with Gasteiger partial charge in [-0.15, -0.1) is 0 Å². The van der Waals surface area contributed by atoms with Gasteiger partial charge in [0.15, 0.2) is 0 Å². The van der Waals surface area contributed by atoms with Crippen LogP contribution in [0.25, 0.3) is 0 Å². The van der Waals surface area contributed by atoms with Crippen LogP contribution in [0.3, 0.4) is 0 Å². The van der Waals surface area contributed by atoms with E-state index in [0.717, 1.165) is 17.7 Å². The second-order valence-electron chi connectivity index (χ2n) is 10.7. The van der Waals surface area contributed by atoms with Crippen LogP contribution in [0.5, 0.6) is 0 Å². The van der Waals surface area contributed by atoms with E-state index < -0.39 is 0 Å². The van der Waals surface area contributed by atoms with Crippen LogP contribution in [-0.2, 0) is 22.5 Å². The maximum atomic E-state index is 13.8. The van der Waals surface area contributed by atoms with Crippen molar-refractivity contribution in [3.63, 3.8) is 0 Å². The van der Waals surface area contributed by atoms with E-state index in [1.165, 1.54) is 5.56 Å². The van der Waals surface area contributed by atoms with Crippen molar-refractivity contribution in [3.05, 3.63) is 107 Å². The Morgan fingerprint density at radius 2 is 1.71 bits per heavy atom. The lowest BCUT2D eigenvalue weighted by atomic mass is 9.83. The van der Waals surface area contributed by atoms with Gasteiger partial charge in [0, 0.05) is 41.6 Å². The number of hydrogen-bond donors (Lipinski definition) is 1. The lowest BCUT2D eigenvalue weighted by molar-refractivity contribution is -0.113. The molecule has 6 nitrogen and oxygen atoms in total. The highest BCUT2D eigenvalue weighted by Crippen LogP contribution is 2.38. The predicted octanol–water partition coefficient (Wildman–Crippen LogP) is 6.97. The van der Waals surface area contributed by atoms with Crippen molar-refractivity contribution in [2.75, 3.05) is 21.2 Å². The lowest BCUT2D eigenvalue weighted by Crippen LogP contribution is -2.50. The molecule has 7 heteroatoms. The lowest BCUT2D eigenvalue weighted by Gasteiger charge is -2.42. The SMILES string of the molecule is C.CCc1cccc(CNC(=O)c2ccc(N3C(C)COCC3C)c(N(I)C(=O)C3=CC4C=CC=CC4C=C3)c2)c1. The molecule has 2 amide bonds. The first-order chi connectivity index (χ1) is 19.4. The molecule has 41 heavy (non-hydrogen) atoms. The molecule has 3 aliphatic rings. The van der Waals surface area contributed by atoms with Gasteiger partial charge < -0.3 is 15.0 Å². The third kappa shape index (κ3) is 6.84. The van der Waals surface area contributed by atoms with Crippen molar-refractivity contribution in [1.82, 2.24) is 5.32 Å². The largest absolute Gasteiger partial charge is 0.377 e. The molecular weight excluding hydrogens is 625 g/mol. The minimum Gasteiger partial charge on any atom is -0.377 e. The number of rotatable bonds is 7. The molecule has 0 aromatic heterocycles. The van der Waals surface area contributed by atoms with Gasteiger partial charge in [0.25, 0.3) is 11.8 Å². The molecule has 4 unspecified atom stereocenters. The highest BCUT2D eigenvalue weighted by Gasteiger charge is 2.31. The summed E-state index contributed by atoms with van der Waals surface area (Å²) in [4.78, 5) is 29.4. The molecule has 2 aromatic rings. The van der Waals surface area contributed by atoms with E-state index in [9.17, 15) is 9.59 Å². The fourth-order valence-corrected chi connectivity index (χ4v) is 6.27. The van der Waals surface area contributed by atoms with Gasteiger partial charge in [-0.3, -0.25) is 9.59 Å². The van der Waals surface area contributed by atoms with Crippen LogP contribution >= 0.6 is 22.9 Å². The van der Waals surface area contributed by atoms with Gasteiger partial charge in [-0.05, 0) is 49.6 Å². The molecule has 1 N–H and O–H groups in total. The molecule has 0 spiro atoms. The van der Waals surface area contributed by atoms with Crippen molar-refractivity contribution in [2.24, 2.45) is 11.8 Å². The number of ether oxygens (including phenoxy) is 1. The zero-order chi connectivity index (χ0) is 28.2. The van der Waals surface area contributed by atoms with Crippen LogP contribution in [-0.4, -0.2) is 37.1 Å². The van der Waals surface area contributed by atoms with Crippen molar-refractivity contribution < 1.29 is 14.3 Å². The number of allylic oxidation sites excluding steroid dienone is 6. The summed E-state index contributed by atoms with van der Waals surface area (Å²) in [5.74, 6) is 0.163. The maximum Gasteiger partial charge on any atom is 0.266 e. The molecule has 0 bridgehead atoms. The van der Waals surface area contributed by atoms with Gasteiger partial charge in [0.1, 0.15) is 0 Å². The third-order valence-electron chi connectivity index (χ3n) is 7.77. The Morgan fingerprint density at radius 1 is 1.00 bits per heavy atom. The fourth-order valence-electron chi connectivity index (χ4n) is 5.61.